The summed E-state index contributed by atoms with van der Waals surface area (Å²) in [7, 11) is 0. The summed E-state index contributed by atoms with van der Waals surface area (Å²) in [5, 5.41) is 0.857. The lowest BCUT2D eigenvalue weighted by Crippen LogP contribution is -1.99. The van der Waals surface area contributed by atoms with Crippen LogP contribution < -0.4 is 10.5 Å². The molecule has 0 fully saturated rings. The summed E-state index contributed by atoms with van der Waals surface area (Å²) < 4.78 is 5.71. The van der Waals surface area contributed by atoms with Gasteiger partial charge in [-0.2, -0.15) is 0 Å². The minimum atomic E-state index is 0.368. The standard InChI is InChI=1S/C19H15N5O/c20-18-16-3-1-2-4-17(16)23-19(24-18)13-5-7-15(8-6-13)25-12-14-11-21-9-10-22-14/h1-11H,12H2,(H2,20,23,24). The molecule has 2 aromatic heterocycles. The van der Waals surface area contributed by atoms with Gasteiger partial charge in [-0.05, 0) is 36.4 Å². The van der Waals surface area contributed by atoms with Crippen LogP contribution in [0.3, 0.4) is 0 Å². The fourth-order valence-corrected chi connectivity index (χ4v) is 2.49. The van der Waals surface area contributed by atoms with Crippen LogP contribution in [0.5, 0.6) is 5.75 Å². The zero-order valence-corrected chi connectivity index (χ0v) is 13.3. The van der Waals surface area contributed by atoms with E-state index in [-0.39, 0.29) is 0 Å². The summed E-state index contributed by atoms with van der Waals surface area (Å²) in [5.41, 5.74) is 8.53. The van der Waals surface area contributed by atoms with Gasteiger partial charge >= 0.3 is 0 Å². The van der Waals surface area contributed by atoms with Gasteiger partial charge in [-0.25, -0.2) is 9.97 Å². The zero-order chi connectivity index (χ0) is 17.1. The molecule has 0 radical (unpaired) electrons. The van der Waals surface area contributed by atoms with Gasteiger partial charge in [0.05, 0.1) is 17.4 Å². The molecule has 0 amide bonds. The first-order valence-corrected chi connectivity index (χ1v) is 7.80. The van der Waals surface area contributed by atoms with Gasteiger partial charge in [0, 0.05) is 23.3 Å². The van der Waals surface area contributed by atoms with Crippen molar-refractivity contribution in [2.45, 2.75) is 6.61 Å². The van der Waals surface area contributed by atoms with Crippen molar-refractivity contribution in [2.75, 3.05) is 5.73 Å². The molecule has 0 bridgehead atoms. The van der Waals surface area contributed by atoms with Crippen LogP contribution in [0.1, 0.15) is 5.69 Å². The number of nitrogens with two attached hydrogens (primary N) is 1. The average Bonchev–Trinajstić information content (AvgIpc) is 2.68. The topological polar surface area (TPSA) is 86.8 Å². The first-order valence-electron chi connectivity index (χ1n) is 7.80. The second kappa shape index (κ2) is 6.52. The van der Waals surface area contributed by atoms with Crippen molar-refractivity contribution in [1.29, 1.82) is 0 Å². The van der Waals surface area contributed by atoms with Crippen LogP contribution >= 0.6 is 0 Å². The normalized spacial score (nSPS) is 10.7. The van der Waals surface area contributed by atoms with Crippen molar-refractivity contribution in [3.05, 3.63) is 72.8 Å². The predicted molar refractivity (Wildman–Crippen MR) is 95.8 cm³/mol. The van der Waals surface area contributed by atoms with Gasteiger partial charge in [-0.1, -0.05) is 12.1 Å². The van der Waals surface area contributed by atoms with E-state index in [1.807, 2.05) is 48.5 Å². The van der Waals surface area contributed by atoms with Gasteiger partial charge in [0.25, 0.3) is 0 Å². The summed E-state index contributed by atoms with van der Waals surface area (Å²) in [5.74, 6) is 1.81. The van der Waals surface area contributed by atoms with E-state index in [2.05, 4.69) is 19.9 Å². The van der Waals surface area contributed by atoms with Crippen molar-refractivity contribution in [1.82, 2.24) is 19.9 Å². The number of rotatable bonds is 4. The van der Waals surface area contributed by atoms with E-state index in [1.165, 1.54) is 0 Å². The van der Waals surface area contributed by atoms with E-state index < -0.39 is 0 Å². The van der Waals surface area contributed by atoms with Crippen LogP contribution in [0.25, 0.3) is 22.3 Å². The van der Waals surface area contributed by atoms with Crippen LogP contribution in [0, 0.1) is 0 Å². The Labute approximate surface area is 144 Å². The minimum Gasteiger partial charge on any atom is -0.487 e. The number of anilines is 1. The Morgan fingerprint density at radius 2 is 1.76 bits per heavy atom. The third kappa shape index (κ3) is 3.23. The Morgan fingerprint density at radius 1 is 0.920 bits per heavy atom. The molecule has 0 aliphatic rings. The maximum absolute atomic E-state index is 6.05. The quantitative estimate of drug-likeness (QED) is 0.618. The highest BCUT2D eigenvalue weighted by atomic mass is 16.5. The number of aromatic nitrogens is 4. The van der Waals surface area contributed by atoms with E-state index in [9.17, 15) is 0 Å². The Bertz CT molecular complexity index is 1000. The smallest absolute Gasteiger partial charge is 0.162 e. The number of hydrogen-bond acceptors (Lipinski definition) is 6. The molecule has 6 heteroatoms. The maximum atomic E-state index is 6.05. The number of nitrogen functional groups attached to an aromatic ring is 1. The Kier molecular flexibility index (Phi) is 3.92. The van der Waals surface area contributed by atoms with E-state index >= 15 is 0 Å². The fraction of sp³-hybridized carbons (Fsp3) is 0.0526. The number of para-hydroxylation sites is 1. The second-order valence-electron chi connectivity index (χ2n) is 5.46. The van der Waals surface area contributed by atoms with E-state index in [0.29, 0.717) is 18.2 Å². The van der Waals surface area contributed by atoms with Gasteiger partial charge in [0.1, 0.15) is 18.2 Å². The van der Waals surface area contributed by atoms with Gasteiger partial charge in [-0.15, -0.1) is 0 Å². The van der Waals surface area contributed by atoms with Crippen molar-refractivity contribution in [3.63, 3.8) is 0 Å². The molecule has 0 atom stereocenters. The largest absolute Gasteiger partial charge is 0.487 e. The highest BCUT2D eigenvalue weighted by Gasteiger charge is 2.07. The molecule has 0 aliphatic carbocycles. The van der Waals surface area contributed by atoms with Crippen molar-refractivity contribution >= 4 is 16.7 Å². The van der Waals surface area contributed by atoms with Gasteiger partial charge in [-0.3, -0.25) is 9.97 Å². The molecule has 4 rings (SSSR count). The lowest BCUT2D eigenvalue weighted by molar-refractivity contribution is 0.301. The van der Waals surface area contributed by atoms with Gasteiger partial charge in [0.2, 0.25) is 0 Å². The number of benzene rings is 2. The fourth-order valence-electron chi connectivity index (χ4n) is 2.49. The van der Waals surface area contributed by atoms with Crippen LogP contribution in [0.4, 0.5) is 5.82 Å². The number of fused-ring (bicyclic) bond motifs is 1. The van der Waals surface area contributed by atoms with Crippen LogP contribution in [0.2, 0.25) is 0 Å². The van der Waals surface area contributed by atoms with Crippen molar-refractivity contribution in [3.8, 4) is 17.1 Å². The minimum absolute atomic E-state index is 0.368. The monoisotopic (exact) mass is 329 g/mol. The first-order chi connectivity index (χ1) is 12.3. The highest BCUT2D eigenvalue weighted by Crippen LogP contribution is 2.24. The molecule has 122 valence electrons. The predicted octanol–water partition coefficient (Wildman–Crippen LogP) is 3.25. The third-order valence-corrected chi connectivity index (χ3v) is 3.75. The summed E-state index contributed by atoms with van der Waals surface area (Å²) in [6.45, 7) is 0.368. The molecular formula is C19H15N5O. The van der Waals surface area contributed by atoms with E-state index in [4.69, 9.17) is 10.5 Å². The van der Waals surface area contributed by atoms with Crippen LogP contribution in [-0.4, -0.2) is 19.9 Å². The van der Waals surface area contributed by atoms with Crippen molar-refractivity contribution in [2.24, 2.45) is 0 Å². The summed E-state index contributed by atoms with van der Waals surface area (Å²) in [4.78, 5) is 17.2. The Morgan fingerprint density at radius 3 is 2.56 bits per heavy atom. The molecule has 2 N–H and O–H groups in total. The van der Waals surface area contributed by atoms with Crippen LogP contribution in [0.15, 0.2) is 67.1 Å². The molecule has 0 saturated heterocycles. The SMILES string of the molecule is Nc1nc(-c2ccc(OCc3cnccn3)cc2)nc2ccccc12. The van der Waals surface area contributed by atoms with Crippen LogP contribution in [-0.2, 0) is 6.61 Å². The number of hydrogen-bond donors (Lipinski definition) is 1. The first kappa shape index (κ1) is 15.0. The van der Waals surface area contributed by atoms with E-state index in [0.717, 1.165) is 27.9 Å². The zero-order valence-electron chi connectivity index (χ0n) is 13.3. The summed E-state index contributed by atoms with van der Waals surface area (Å²) in [6, 6.07) is 15.3. The number of nitrogens with zero attached hydrogens (tertiary/aromatic N) is 4. The Balaban J connectivity index is 1.56. The molecule has 25 heavy (non-hydrogen) atoms. The molecule has 0 unspecified atom stereocenters. The highest BCUT2D eigenvalue weighted by molar-refractivity contribution is 5.89. The van der Waals surface area contributed by atoms with Crippen molar-refractivity contribution < 1.29 is 4.74 Å². The Hall–Kier alpha value is -3.54. The molecule has 6 nitrogen and oxygen atoms in total. The summed E-state index contributed by atoms with van der Waals surface area (Å²) in [6.07, 6.45) is 4.96. The maximum Gasteiger partial charge on any atom is 0.162 e. The average molecular weight is 329 g/mol. The van der Waals surface area contributed by atoms with Gasteiger partial charge < -0.3 is 10.5 Å². The molecular weight excluding hydrogens is 314 g/mol. The second-order valence-corrected chi connectivity index (χ2v) is 5.46. The van der Waals surface area contributed by atoms with E-state index in [1.54, 1.807) is 18.6 Å². The number of ether oxygens (including phenoxy) is 1. The molecule has 2 aromatic carbocycles. The lowest BCUT2D eigenvalue weighted by Gasteiger charge is -2.08. The van der Waals surface area contributed by atoms with Gasteiger partial charge in [0.15, 0.2) is 5.82 Å². The molecule has 0 saturated carbocycles. The molecule has 0 aliphatic heterocycles. The molecule has 2 heterocycles. The third-order valence-electron chi connectivity index (χ3n) is 3.75. The summed E-state index contributed by atoms with van der Waals surface area (Å²) >= 11 is 0. The molecule has 4 aromatic rings. The lowest BCUT2D eigenvalue weighted by atomic mass is 10.2. The molecule has 0 spiro atoms.